The number of rotatable bonds is 4. The molecule has 3 nitrogen and oxygen atoms in total. The third kappa shape index (κ3) is 3.66. The zero-order valence-corrected chi connectivity index (χ0v) is 12.4. The number of aromatic nitrogens is 2. The van der Waals surface area contributed by atoms with Crippen molar-refractivity contribution in [3.05, 3.63) is 17.5 Å². The summed E-state index contributed by atoms with van der Waals surface area (Å²) in [7, 11) is 1.98. The van der Waals surface area contributed by atoms with Gasteiger partial charge in [0.2, 0.25) is 0 Å². The van der Waals surface area contributed by atoms with Crippen LogP contribution in [0.4, 0.5) is 0 Å². The molecule has 0 amide bonds. The minimum absolute atomic E-state index is 0.399. The molecule has 5 heteroatoms. The van der Waals surface area contributed by atoms with Crippen molar-refractivity contribution >= 4 is 23.5 Å². The van der Waals surface area contributed by atoms with Gasteiger partial charge in [0.05, 0.1) is 5.69 Å². The zero-order valence-electron chi connectivity index (χ0n) is 10.8. The molecular formula is C12H21N3S2. The molecule has 2 unspecified atom stereocenters. The third-order valence-electron chi connectivity index (χ3n) is 3.05. The Hall–Kier alpha value is -0.130. The molecule has 0 aliphatic carbocycles. The summed E-state index contributed by atoms with van der Waals surface area (Å²) in [6.07, 6.45) is 2.12. The molecule has 1 saturated heterocycles. The first kappa shape index (κ1) is 13.3. The summed E-state index contributed by atoms with van der Waals surface area (Å²) >= 11 is 4.19. The van der Waals surface area contributed by atoms with E-state index in [1.54, 1.807) is 0 Å². The van der Waals surface area contributed by atoms with Crippen LogP contribution in [0.15, 0.2) is 6.20 Å². The van der Waals surface area contributed by atoms with Gasteiger partial charge in [-0.25, -0.2) is 0 Å². The van der Waals surface area contributed by atoms with E-state index in [0.717, 1.165) is 17.5 Å². The molecule has 1 fully saturated rings. The van der Waals surface area contributed by atoms with Gasteiger partial charge in [0.1, 0.15) is 0 Å². The quantitative estimate of drug-likeness (QED) is 0.909. The molecule has 0 bridgehead atoms. The van der Waals surface area contributed by atoms with E-state index in [9.17, 15) is 0 Å². The van der Waals surface area contributed by atoms with Gasteiger partial charge in [-0.3, -0.25) is 4.68 Å². The molecule has 2 atom stereocenters. The van der Waals surface area contributed by atoms with E-state index in [2.05, 4.69) is 54.0 Å². The normalized spacial score (nSPS) is 22.6. The molecule has 1 aromatic heterocycles. The number of nitrogens with one attached hydrogen (secondary N) is 1. The lowest BCUT2D eigenvalue weighted by Gasteiger charge is -2.23. The predicted octanol–water partition coefficient (Wildman–Crippen LogP) is 2.23. The molecule has 0 spiro atoms. The van der Waals surface area contributed by atoms with E-state index in [-0.39, 0.29) is 0 Å². The fraction of sp³-hybridized carbons (Fsp3) is 0.750. The van der Waals surface area contributed by atoms with Crippen molar-refractivity contribution in [1.29, 1.82) is 0 Å². The van der Waals surface area contributed by atoms with Crippen LogP contribution in [-0.4, -0.2) is 38.8 Å². The first-order chi connectivity index (χ1) is 8.16. The highest BCUT2D eigenvalue weighted by molar-refractivity contribution is 8.06. The maximum Gasteiger partial charge on any atom is 0.0641 e. The first-order valence-corrected chi connectivity index (χ1v) is 8.30. The van der Waals surface area contributed by atoms with E-state index in [4.69, 9.17) is 0 Å². The average Bonchev–Trinajstić information content (AvgIpc) is 2.67. The van der Waals surface area contributed by atoms with Gasteiger partial charge in [0.25, 0.3) is 0 Å². The molecule has 1 N–H and O–H groups in total. The number of thioether (sulfide) groups is 2. The van der Waals surface area contributed by atoms with E-state index in [1.807, 2.05) is 11.7 Å². The lowest BCUT2D eigenvalue weighted by atomic mass is 10.1. The van der Waals surface area contributed by atoms with Crippen LogP contribution in [-0.2, 0) is 7.05 Å². The zero-order chi connectivity index (χ0) is 12.3. The summed E-state index contributed by atoms with van der Waals surface area (Å²) < 4.78 is 1.90. The van der Waals surface area contributed by atoms with Gasteiger partial charge in [-0.2, -0.15) is 28.6 Å². The van der Waals surface area contributed by atoms with E-state index >= 15 is 0 Å². The Morgan fingerprint density at radius 2 is 2.41 bits per heavy atom. The van der Waals surface area contributed by atoms with Gasteiger partial charge in [0, 0.05) is 53.9 Å². The van der Waals surface area contributed by atoms with Crippen LogP contribution in [0, 0.1) is 6.92 Å². The molecule has 1 aliphatic rings. The Labute approximate surface area is 112 Å². The maximum atomic E-state index is 4.39. The van der Waals surface area contributed by atoms with Crippen LogP contribution in [0.3, 0.4) is 0 Å². The minimum atomic E-state index is 0.399. The second kappa shape index (κ2) is 6.16. The van der Waals surface area contributed by atoms with Crippen molar-refractivity contribution in [3.63, 3.8) is 0 Å². The molecule has 1 aliphatic heterocycles. The Morgan fingerprint density at radius 3 is 3.00 bits per heavy atom. The molecular weight excluding hydrogens is 250 g/mol. The summed E-state index contributed by atoms with van der Waals surface area (Å²) in [5, 5.41) is 8.80. The lowest BCUT2D eigenvalue weighted by Crippen LogP contribution is -2.30. The molecule has 96 valence electrons. The molecule has 2 rings (SSSR count). The van der Waals surface area contributed by atoms with Crippen LogP contribution in [0.25, 0.3) is 0 Å². The van der Waals surface area contributed by atoms with E-state index < -0.39 is 0 Å². The van der Waals surface area contributed by atoms with Gasteiger partial charge in [-0.05, 0) is 13.8 Å². The summed E-state index contributed by atoms with van der Waals surface area (Å²) in [4.78, 5) is 0. The second-order valence-electron chi connectivity index (χ2n) is 4.54. The lowest BCUT2D eigenvalue weighted by molar-refractivity contribution is 0.574. The Morgan fingerprint density at radius 1 is 1.59 bits per heavy atom. The van der Waals surface area contributed by atoms with E-state index in [1.165, 1.54) is 22.8 Å². The first-order valence-electron chi connectivity index (χ1n) is 6.09. The Balaban J connectivity index is 1.84. The smallest absolute Gasteiger partial charge is 0.0641 e. The largest absolute Gasteiger partial charge is 0.309 e. The van der Waals surface area contributed by atoms with Gasteiger partial charge < -0.3 is 5.32 Å². The van der Waals surface area contributed by atoms with Crippen molar-refractivity contribution in [2.75, 3.05) is 23.8 Å². The van der Waals surface area contributed by atoms with Gasteiger partial charge in [0.15, 0.2) is 0 Å². The predicted molar refractivity (Wildman–Crippen MR) is 77.9 cm³/mol. The van der Waals surface area contributed by atoms with Crippen LogP contribution in [0.2, 0.25) is 0 Å². The molecule has 17 heavy (non-hydrogen) atoms. The van der Waals surface area contributed by atoms with Crippen molar-refractivity contribution in [3.8, 4) is 0 Å². The fourth-order valence-electron chi connectivity index (χ4n) is 2.12. The monoisotopic (exact) mass is 271 g/mol. The van der Waals surface area contributed by atoms with Gasteiger partial charge in [-0.1, -0.05) is 0 Å². The Bertz CT molecular complexity index is 359. The van der Waals surface area contributed by atoms with Crippen molar-refractivity contribution in [2.45, 2.75) is 25.1 Å². The molecule has 1 aromatic rings. The van der Waals surface area contributed by atoms with Gasteiger partial charge in [-0.15, -0.1) is 0 Å². The highest BCUT2D eigenvalue weighted by Gasteiger charge is 2.17. The van der Waals surface area contributed by atoms with Crippen LogP contribution in [0.5, 0.6) is 0 Å². The Kier molecular flexibility index (Phi) is 4.82. The highest BCUT2D eigenvalue weighted by Crippen LogP contribution is 2.24. The number of hydrogen-bond donors (Lipinski definition) is 1. The summed E-state index contributed by atoms with van der Waals surface area (Å²) in [6, 6.07) is 0.399. The van der Waals surface area contributed by atoms with Crippen molar-refractivity contribution < 1.29 is 0 Å². The number of aryl methyl sites for hydroxylation is 2. The third-order valence-corrected chi connectivity index (χ3v) is 5.90. The summed E-state index contributed by atoms with van der Waals surface area (Å²) in [5.41, 5.74) is 2.46. The molecule has 0 aromatic carbocycles. The fourth-order valence-corrected chi connectivity index (χ4v) is 4.74. The molecule has 0 saturated carbocycles. The molecule has 0 radical (unpaired) electrons. The van der Waals surface area contributed by atoms with Crippen molar-refractivity contribution in [2.24, 2.45) is 7.05 Å². The van der Waals surface area contributed by atoms with Crippen LogP contribution < -0.4 is 5.32 Å². The minimum Gasteiger partial charge on any atom is -0.309 e. The summed E-state index contributed by atoms with van der Waals surface area (Å²) in [6.45, 7) is 5.41. The number of hydrogen-bond acceptors (Lipinski definition) is 4. The van der Waals surface area contributed by atoms with Gasteiger partial charge >= 0.3 is 0 Å². The van der Waals surface area contributed by atoms with Crippen molar-refractivity contribution in [1.82, 2.24) is 15.1 Å². The standard InChI is InChI=1S/C12H21N3S2/c1-9(12-7-15(3)14-10(12)2)13-6-11-8-16-4-5-17-11/h7,9,11,13H,4-6,8H2,1-3H3. The maximum absolute atomic E-state index is 4.39. The van der Waals surface area contributed by atoms with Crippen LogP contribution >= 0.6 is 23.5 Å². The van der Waals surface area contributed by atoms with E-state index in [0.29, 0.717) is 6.04 Å². The topological polar surface area (TPSA) is 29.9 Å². The number of nitrogens with zero attached hydrogens (tertiary/aromatic N) is 2. The SMILES string of the molecule is Cc1nn(C)cc1C(C)NCC1CSCCS1. The molecule has 2 heterocycles. The second-order valence-corrected chi connectivity index (χ2v) is 7.10. The summed E-state index contributed by atoms with van der Waals surface area (Å²) in [5.74, 6) is 3.91. The van der Waals surface area contributed by atoms with Crippen LogP contribution in [0.1, 0.15) is 24.2 Å². The highest BCUT2D eigenvalue weighted by atomic mass is 32.2. The average molecular weight is 271 g/mol.